The number of amides is 1. The molecule has 0 spiro atoms. The molecule has 1 aliphatic rings. The van der Waals surface area contributed by atoms with E-state index in [1.54, 1.807) is 0 Å². The Bertz CT molecular complexity index is 416. The molecule has 1 aromatic rings. The summed E-state index contributed by atoms with van der Waals surface area (Å²) in [6.45, 7) is 1.52. The van der Waals surface area contributed by atoms with Gasteiger partial charge in [-0.15, -0.1) is 0 Å². The molecule has 104 valence electrons. The van der Waals surface area contributed by atoms with E-state index in [1.807, 2.05) is 24.3 Å². The van der Waals surface area contributed by atoms with Crippen LogP contribution in [0.1, 0.15) is 24.8 Å². The highest BCUT2D eigenvalue weighted by Crippen LogP contribution is 2.27. The minimum absolute atomic E-state index is 0.0000387. The van der Waals surface area contributed by atoms with Gasteiger partial charge in [-0.05, 0) is 55.8 Å². The first-order valence-corrected chi connectivity index (χ1v) is 6.98. The summed E-state index contributed by atoms with van der Waals surface area (Å²) in [6.07, 6.45) is 4.17. The maximum absolute atomic E-state index is 11.7. The molecule has 0 unspecified atom stereocenters. The summed E-state index contributed by atoms with van der Waals surface area (Å²) in [6, 6.07) is 7.80. The molecule has 3 N–H and O–H groups in total. The molecular weight excluding hydrogens is 240 g/mol. The van der Waals surface area contributed by atoms with Crippen molar-refractivity contribution in [3.8, 4) is 0 Å². The zero-order valence-corrected chi connectivity index (χ0v) is 11.2. The summed E-state index contributed by atoms with van der Waals surface area (Å²) in [5, 5.41) is 14.9. The molecular formula is C15H22N2O2. The first kappa shape index (κ1) is 14.0. The van der Waals surface area contributed by atoms with Gasteiger partial charge in [0.1, 0.15) is 0 Å². The van der Waals surface area contributed by atoms with E-state index >= 15 is 0 Å². The predicted octanol–water partition coefficient (Wildman–Crippen LogP) is 1.55. The third kappa shape index (κ3) is 5.41. The van der Waals surface area contributed by atoms with Gasteiger partial charge in [0.05, 0.1) is 6.54 Å². The fourth-order valence-electron chi connectivity index (χ4n) is 2.00. The minimum atomic E-state index is -0.0000387. The van der Waals surface area contributed by atoms with Gasteiger partial charge < -0.3 is 15.7 Å². The van der Waals surface area contributed by atoms with Gasteiger partial charge in [0, 0.05) is 12.3 Å². The predicted molar refractivity (Wildman–Crippen MR) is 76.1 cm³/mol. The van der Waals surface area contributed by atoms with Crippen LogP contribution < -0.4 is 10.6 Å². The van der Waals surface area contributed by atoms with Gasteiger partial charge >= 0.3 is 0 Å². The highest BCUT2D eigenvalue weighted by molar-refractivity contribution is 5.92. The number of rotatable bonds is 8. The van der Waals surface area contributed by atoms with Crippen molar-refractivity contribution in [3.05, 3.63) is 29.8 Å². The standard InChI is InChI=1S/C15H22N2O2/c18-8-2-4-12-3-1-5-14(9-12)17-15(19)11-16-10-13-6-7-13/h1,3,5,9,13,16,18H,2,4,6-8,10-11H2,(H,17,19). The van der Waals surface area contributed by atoms with Crippen LogP contribution in [-0.4, -0.2) is 30.7 Å². The van der Waals surface area contributed by atoms with Crippen LogP contribution in [0.15, 0.2) is 24.3 Å². The monoisotopic (exact) mass is 262 g/mol. The van der Waals surface area contributed by atoms with Crippen LogP contribution in [0.3, 0.4) is 0 Å². The molecule has 0 radical (unpaired) electrons. The molecule has 1 aliphatic carbocycles. The Morgan fingerprint density at radius 3 is 2.95 bits per heavy atom. The van der Waals surface area contributed by atoms with Crippen LogP contribution in [-0.2, 0) is 11.2 Å². The van der Waals surface area contributed by atoms with Crippen molar-refractivity contribution in [3.63, 3.8) is 0 Å². The molecule has 4 heteroatoms. The van der Waals surface area contributed by atoms with Gasteiger partial charge in [0.2, 0.25) is 5.91 Å². The Morgan fingerprint density at radius 1 is 1.37 bits per heavy atom. The molecule has 1 fully saturated rings. The molecule has 0 saturated heterocycles. The van der Waals surface area contributed by atoms with Crippen LogP contribution >= 0.6 is 0 Å². The maximum Gasteiger partial charge on any atom is 0.238 e. The number of aliphatic hydroxyl groups excluding tert-OH is 1. The van der Waals surface area contributed by atoms with Gasteiger partial charge in [0.15, 0.2) is 0 Å². The fraction of sp³-hybridized carbons (Fsp3) is 0.533. The normalized spacial score (nSPS) is 14.4. The lowest BCUT2D eigenvalue weighted by Crippen LogP contribution is -2.29. The van der Waals surface area contributed by atoms with Crippen molar-refractivity contribution in [1.82, 2.24) is 5.32 Å². The molecule has 0 aliphatic heterocycles. The number of nitrogens with one attached hydrogen (secondary N) is 2. The van der Waals surface area contributed by atoms with E-state index in [9.17, 15) is 4.79 Å². The number of carbonyl (C=O) groups excluding carboxylic acids is 1. The summed E-state index contributed by atoms with van der Waals surface area (Å²) in [5.74, 6) is 0.787. The van der Waals surface area contributed by atoms with Crippen LogP contribution in [0, 0.1) is 5.92 Å². The number of benzene rings is 1. The lowest BCUT2D eigenvalue weighted by atomic mass is 10.1. The third-order valence-electron chi connectivity index (χ3n) is 3.25. The van der Waals surface area contributed by atoms with E-state index in [2.05, 4.69) is 10.6 Å². The number of hydrogen-bond acceptors (Lipinski definition) is 3. The van der Waals surface area contributed by atoms with E-state index in [0.29, 0.717) is 6.54 Å². The number of carbonyl (C=O) groups is 1. The summed E-state index contributed by atoms with van der Waals surface area (Å²) in [4.78, 5) is 11.7. The summed E-state index contributed by atoms with van der Waals surface area (Å²) in [5.41, 5.74) is 1.96. The van der Waals surface area contributed by atoms with Gasteiger partial charge in [-0.3, -0.25) is 4.79 Å². The molecule has 0 aromatic heterocycles. The first-order valence-electron chi connectivity index (χ1n) is 6.98. The minimum Gasteiger partial charge on any atom is -0.396 e. The van der Waals surface area contributed by atoms with Crippen LogP contribution in [0.25, 0.3) is 0 Å². The maximum atomic E-state index is 11.7. The molecule has 2 rings (SSSR count). The molecule has 4 nitrogen and oxygen atoms in total. The van der Waals surface area contributed by atoms with Gasteiger partial charge in [-0.25, -0.2) is 0 Å². The number of hydrogen-bond donors (Lipinski definition) is 3. The quantitative estimate of drug-likeness (QED) is 0.666. The molecule has 1 amide bonds. The summed E-state index contributed by atoms with van der Waals surface area (Å²) >= 11 is 0. The SMILES string of the molecule is O=C(CNCC1CC1)Nc1cccc(CCCO)c1. The highest BCUT2D eigenvalue weighted by atomic mass is 16.2. The Balaban J connectivity index is 1.74. The van der Waals surface area contributed by atoms with E-state index in [1.165, 1.54) is 12.8 Å². The zero-order chi connectivity index (χ0) is 13.5. The van der Waals surface area contributed by atoms with Crippen molar-refractivity contribution in [2.75, 3.05) is 25.0 Å². The van der Waals surface area contributed by atoms with Crippen molar-refractivity contribution in [2.24, 2.45) is 5.92 Å². The summed E-state index contributed by atoms with van der Waals surface area (Å²) < 4.78 is 0. The smallest absolute Gasteiger partial charge is 0.238 e. The van der Waals surface area contributed by atoms with E-state index in [0.717, 1.165) is 36.6 Å². The Kier molecular flexibility index (Phi) is 5.36. The van der Waals surface area contributed by atoms with Crippen LogP contribution in [0.2, 0.25) is 0 Å². The molecule has 1 aromatic carbocycles. The van der Waals surface area contributed by atoms with Crippen molar-refractivity contribution < 1.29 is 9.90 Å². The number of aryl methyl sites for hydroxylation is 1. The number of anilines is 1. The Morgan fingerprint density at radius 2 is 2.21 bits per heavy atom. The largest absolute Gasteiger partial charge is 0.396 e. The average molecular weight is 262 g/mol. The molecule has 0 atom stereocenters. The third-order valence-corrected chi connectivity index (χ3v) is 3.25. The zero-order valence-electron chi connectivity index (χ0n) is 11.2. The Labute approximate surface area is 114 Å². The topological polar surface area (TPSA) is 61.4 Å². The first-order chi connectivity index (χ1) is 9.28. The van der Waals surface area contributed by atoms with E-state index in [-0.39, 0.29) is 12.5 Å². The van der Waals surface area contributed by atoms with Crippen molar-refractivity contribution in [1.29, 1.82) is 0 Å². The van der Waals surface area contributed by atoms with Gasteiger partial charge in [0.25, 0.3) is 0 Å². The molecule has 19 heavy (non-hydrogen) atoms. The number of aliphatic hydroxyl groups is 1. The highest BCUT2D eigenvalue weighted by Gasteiger charge is 2.20. The Hall–Kier alpha value is -1.39. The van der Waals surface area contributed by atoms with Gasteiger partial charge in [-0.1, -0.05) is 12.1 Å². The molecule has 0 bridgehead atoms. The van der Waals surface area contributed by atoms with Crippen molar-refractivity contribution >= 4 is 11.6 Å². The van der Waals surface area contributed by atoms with Crippen molar-refractivity contribution in [2.45, 2.75) is 25.7 Å². The van der Waals surface area contributed by atoms with E-state index < -0.39 is 0 Å². The van der Waals surface area contributed by atoms with Crippen LogP contribution in [0.5, 0.6) is 0 Å². The molecule has 0 heterocycles. The lowest BCUT2D eigenvalue weighted by molar-refractivity contribution is -0.115. The second-order valence-corrected chi connectivity index (χ2v) is 5.15. The molecule has 1 saturated carbocycles. The average Bonchev–Trinajstić information content (AvgIpc) is 3.21. The van der Waals surface area contributed by atoms with E-state index in [4.69, 9.17) is 5.11 Å². The summed E-state index contributed by atoms with van der Waals surface area (Å²) in [7, 11) is 0. The lowest BCUT2D eigenvalue weighted by Gasteiger charge is -2.08. The van der Waals surface area contributed by atoms with Gasteiger partial charge in [-0.2, -0.15) is 0 Å². The van der Waals surface area contributed by atoms with Crippen LogP contribution in [0.4, 0.5) is 5.69 Å². The second-order valence-electron chi connectivity index (χ2n) is 5.15. The second kappa shape index (κ2) is 7.26. The fourth-order valence-corrected chi connectivity index (χ4v) is 2.00.